The molecule has 1 amide bonds. The number of anilines is 1. The SMILES string of the molecule is O=C1OCCN1c1cccc2c1CCN(C[C@@H](O)COCc1ccccc1)C2. The molecule has 1 saturated heterocycles. The van der Waals surface area contributed by atoms with Crippen LogP contribution in [0.2, 0.25) is 0 Å². The smallest absolute Gasteiger partial charge is 0.414 e. The molecule has 1 atom stereocenters. The summed E-state index contributed by atoms with van der Waals surface area (Å²) in [5.41, 5.74) is 4.49. The highest BCUT2D eigenvalue weighted by Crippen LogP contribution is 2.30. The number of aliphatic hydroxyl groups excluding tert-OH is 1. The zero-order valence-electron chi connectivity index (χ0n) is 15.9. The van der Waals surface area contributed by atoms with E-state index in [0.717, 1.165) is 30.8 Å². The Labute approximate surface area is 165 Å². The standard InChI is InChI=1S/C22H26N2O4/c25-19(16-27-15-17-5-2-1-3-6-17)14-23-10-9-20-18(13-23)7-4-8-21(20)24-11-12-28-22(24)26/h1-8,19,25H,9-16H2/t19-/m1/s1. The molecule has 1 N–H and O–H groups in total. The normalized spacial score (nSPS) is 18.0. The van der Waals surface area contributed by atoms with Crippen molar-refractivity contribution in [2.75, 3.05) is 37.7 Å². The Morgan fingerprint density at radius 1 is 1.11 bits per heavy atom. The first kappa shape index (κ1) is 18.9. The second-order valence-electron chi connectivity index (χ2n) is 7.32. The quantitative estimate of drug-likeness (QED) is 0.798. The maximum absolute atomic E-state index is 11.9. The van der Waals surface area contributed by atoms with E-state index in [4.69, 9.17) is 9.47 Å². The first-order chi connectivity index (χ1) is 13.7. The Hall–Kier alpha value is -2.41. The van der Waals surface area contributed by atoms with Crippen molar-refractivity contribution in [2.45, 2.75) is 25.7 Å². The minimum atomic E-state index is -0.526. The lowest BCUT2D eigenvalue weighted by Crippen LogP contribution is -2.39. The van der Waals surface area contributed by atoms with E-state index < -0.39 is 6.10 Å². The molecule has 2 aliphatic heterocycles. The van der Waals surface area contributed by atoms with Gasteiger partial charge in [0.15, 0.2) is 0 Å². The van der Waals surface area contributed by atoms with Crippen molar-refractivity contribution in [3.8, 4) is 0 Å². The molecule has 0 unspecified atom stereocenters. The van der Waals surface area contributed by atoms with Gasteiger partial charge in [0.05, 0.1) is 31.5 Å². The van der Waals surface area contributed by atoms with Gasteiger partial charge in [-0.1, -0.05) is 42.5 Å². The molecule has 0 saturated carbocycles. The van der Waals surface area contributed by atoms with Gasteiger partial charge in [0, 0.05) is 19.6 Å². The summed E-state index contributed by atoms with van der Waals surface area (Å²) in [5.74, 6) is 0. The summed E-state index contributed by atoms with van der Waals surface area (Å²) in [6.07, 6.45) is 0.0659. The van der Waals surface area contributed by atoms with Crippen molar-refractivity contribution < 1.29 is 19.4 Å². The van der Waals surface area contributed by atoms with E-state index in [1.54, 1.807) is 4.90 Å². The van der Waals surface area contributed by atoms with Crippen LogP contribution in [0.1, 0.15) is 16.7 Å². The topological polar surface area (TPSA) is 62.2 Å². The van der Waals surface area contributed by atoms with Crippen LogP contribution in [0, 0.1) is 0 Å². The molecule has 0 bridgehead atoms. The molecule has 28 heavy (non-hydrogen) atoms. The number of carbonyl (C=O) groups is 1. The van der Waals surface area contributed by atoms with Gasteiger partial charge in [-0.15, -0.1) is 0 Å². The van der Waals surface area contributed by atoms with Crippen LogP contribution >= 0.6 is 0 Å². The van der Waals surface area contributed by atoms with Crippen LogP contribution in [0.3, 0.4) is 0 Å². The predicted octanol–water partition coefficient (Wildman–Crippen LogP) is 2.58. The van der Waals surface area contributed by atoms with E-state index in [1.165, 1.54) is 11.1 Å². The summed E-state index contributed by atoms with van der Waals surface area (Å²) >= 11 is 0. The van der Waals surface area contributed by atoms with Crippen LogP contribution in [-0.4, -0.2) is 55.1 Å². The van der Waals surface area contributed by atoms with Crippen LogP contribution in [0.25, 0.3) is 0 Å². The molecule has 6 nitrogen and oxygen atoms in total. The summed E-state index contributed by atoms with van der Waals surface area (Å²) in [7, 11) is 0. The number of ether oxygens (including phenoxy) is 2. The summed E-state index contributed by atoms with van der Waals surface area (Å²) in [6, 6.07) is 16.1. The van der Waals surface area contributed by atoms with Gasteiger partial charge < -0.3 is 14.6 Å². The highest BCUT2D eigenvalue weighted by Gasteiger charge is 2.28. The zero-order valence-corrected chi connectivity index (χ0v) is 15.9. The second-order valence-corrected chi connectivity index (χ2v) is 7.32. The lowest BCUT2D eigenvalue weighted by atomic mass is 9.97. The Morgan fingerprint density at radius 3 is 2.75 bits per heavy atom. The van der Waals surface area contributed by atoms with E-state index in [9.17, 15) is 9.90 Å². The van der Waals surface area contributed by atoms with Gasteiger partial charge in [0.25, 0.3) is 0 Å². The van der Waals surface area contributed by atoms with Gasteiger partial charge in [0.2, 0.25) is 0 Å². The van der Waals surface area contributed by atoms with Crippen molar-refractivity contribution in [1.82, 2.24) is 4.90 Å². The van der Waals surface area contributed by atoms with Gasteiger partial charge in [-0.2, -0.15) is 0 Å². The molecular weight excluding hydrogens is 356 g/mol. The molecule has 2 aliphatic rings. The highest BCUT2D eigenvalue weighted by atomic mass is 16.6. The molecule has 2 heterocycles. The molecule has 0 spiro atoms. The Morgan fingerprint density at radius 2 is 1.96 bits per heavy atom. The number of fused-ring (bicyclic) bond motifs is 1. The van der Waals surface area contributed by atoms with E-state index in [1.807, 2.05) is 42.5 Å². The van der Waals surface area contributed by atoms with Crippen molar-refractivity contribution in [3.63, 3.8) is 0 Å². The van der Waals surface area contributed by atoms with Crippen molar-refractivity contribution in [1.29, 1.82) is 0 Å². The average molecular weight is 382 g/mol. The molecule has 148 valence electrons. The zero-order chi connectivity index (χ0) is 19.3. The molecule has 2 aromatic carbocycles. The number of benzene rings is 2. The van der Waals surface area contributed by atoms with E-state index in [0.29, 0.717) is 32.9 Å². The Balaban J connectivity index is 1.31. The Bertz CT molecular complexity index is 811. The maximum Gasteiger partial charge on any atom is 0.414 e. The first-order valence-electron chi connectivity index (χ1n) is 9.78. The van der Waals surface area contributed by atoms with Crippen LogP contribution in [0.5, 0.6) is 0 Å². The van der Waals surface area contributed by atoms with Gasteiger partial charge in [-0.3, -0.25) is 9.80 Å². The fourth-order valence-corrected chi connectivity index (χ4v) is 3.91. The van der Waals surface area contributed by atoms with Gasteiger partial charge >= 0.3 is 6.09 Å². The molecular formula is C22H26N2O4. The summed E-state index contributed by atoms with van der Waals surface area (Å²) in [5, 5.41) is 10.4. The fraction of sp³-hybridized carbons (Fsp3) is 0.409. The van der Waals surface area contributed by atoms with E-state index in [-0.39, 0.29) is 6.09 Å². The summed E-state index contributed by atoms with van der Waals surface area (Å²) in [4.78, 5) is 15.9. The van der Waals surface area contributed by atoms with Crippen molar-refractivity contribution in [3.05, 3.63) is 65.2 Å². The first-order valence-corrected chi connectivity index (χ1v) is 9.78. The fourth-order valence-electron chi connectivity index (χ4n) is 3.91. The summed E-state index contributed by atoms with van der Waals surface area (Å²) < 4.78 is 10.7. The van der Waals surface area contributed by atoms with Gasteiger partial charge in [-0.25, -0.2) is 4.79 Å². The number of cyclic esters (lactones) is 1. The van der Waals surface area contributed by atoms with E-state index in [2.05, 4.69) is 11.0 Å². The number of β-amino-alcohol motifs (C(OH)–C–C–N with tert-alkyl or cyclic N) is 1. The number of aliphatic hydroxyl groups is 1. The maximum atomic E-state index is 11.9. The van der Waals surface area contributed by atoms with Crippen LogP contribution in [0.15, 0.2) is 48.5 Å². The van der Waals surface area contributed by atoms with Crippen molar-refractivity contribution in [2.24, 2.45) is 0 Å². The molecule has 4 rings (SSSR count). The molecule has 0 radical (unpaired) electrons. The minimum Gasteiger partial charge on any atom is -0.447 e. The third-order valence-corrected chi connectivity index (χ3v) is 5.26. The van der Waals surface area contributed by atoms with Crippen LogP contribution in [-0.2, 0) is 29.0 Å². The van der Waals surface area contributed by atoms with Crippen molar-refractivity contribution >= 4 is 11.8 Å². The van der Waals surface area contributed by atoms with Gasteiger partial charge in [0.1, 0.15) is 6.61 Å². The third-order valence-electron chi connectivity index (χ3n) is 5.26. The summed E-state index contributed by atoms with van der Waals surface area (Å²) in [6.45, 7) is 4.07. The monoisotopic (exact) mass is 382 g/mol. The number of nitrogens with zero attached hydrogens (tertiary/aromatic N) is 2. The number of rotatable bonds is 7. The van der Waals surface area contributed by atoms with Crippen LogP contribution < -0.4 is 4.90 Å². The molecule has 6 heteroatoms. The lowest BCUT2D eigenvalue weighted by molar-refractivity contribution is 0.00776. The Kier molecular flexibility index (Phi) is 5.90. The van der Waals surface area contributed by atoms with Crippen LogP contribution in [0.4, 0.5) is 10.5 Å². The molecule has 2 aromatic rings. The number of hydrogen-bond donors (Lipinski definition) is 1. The molecule has 1 fully saturated rings. The number of carbonyl (C=O) groups excluding carboxylic acids is 1. The molecule has 0 aliphatic carbocycles. The van der Waals surface area contributed by atoms with E-state index >= 15 is 0 Å². The molecule has 0 aromatic heterocycles. The largest absolute Gasteiger partial charge is 0.447 e. The predicted molar refractivity (Wildman–Crippen MR) is 106 cm³/mol. The third kappa shape index (κ3) is 4.35. The minimum absolute atomic E-state index is 0.262. The highest BCUT2D eigenvalue weighted by molar-refractivity contribution is 5.90. The second kappa shape index (κ2) is 8.73. The lowest BCUT2D eigenvalue weighted by Gasteiger charge is -2.32. The van der Waals surface area contributed by atoms with Gasteiger partial charge in [-0.05, 0) is 29.2 Å². The average Bonchev–Trinajstić information content (AvgIpc) is 3.14. The number of hydrogen-bond acceptors (Lipinski definition) is 5. The number of amides is 1.